The molecule has 0 spiro atoms. The topological polar surface area (TPSA) is 241 Å². The van der Waals surface area contributed by atoms with E-state index < -0.39 is 87.9 Å². The fraction of sp³-hybridized carbons (Fsp3) is 0.722. The first-order chi connectivity index (χ1) is 34.0. The second kappa shape index (κ2) is 26.6. The average molecular weight is 1030 g/mol. The number of piperidine rings is 1. The van der Waals surface area contributed by atoms with Crippen LogP contribution in [0.4, 0.5) is 0 Å². The minimum absolute atomic E-state index is 0.0222. The zero-order valence-corrected chi connectivity index (χ0v) is 45.0. The number of sulfonamides is 1. The van der Waals surface area contributed by atoms with Crippen LogP contribution in [0.1, 0.15) is 138 Å². The van der Waals surface area contributed by atoms with E-state index in [0.29, 0.717) is 68.9 Å². The number of allylic oxidation sites excluding steroid dienone is 6. The van der Waals surface area contributed by atoms with Crippen LogP contribution in [0, 0.1) is 42.4 Å². The number of carbonyl (C=O) groups excluding carboxylic acids is 4. The van der Waals surface area contributed by atoms with Gasteiger partial charge in [0.05, 0.1) is 18.3 Å². The zero-order chi connectivity index (χ0) is 53.1. The predicted molar refractivity (Wildman–Crippen MR) is 269 cm³/mol. The number of nitrogens with one attached hydrogen (secondary N) is 1. The first kappa shape index (κ1) is 59.0. The number of aromatic nitrogens is 1. The molecule has 4 aliphatic rings. The van der Waals surface area contributed by atoms with Crippen LogP contribution in [0.5, 0.6) is 0 Å². The number of aliphatic hydroxyl groups excluding tert-OH is 2. The number of methoxy groups -OCH3 is 2. The monoisotopic (exact) mass is 1030 g/mol. The number of esters is 1. The third kappa shape index (κ3) is 15.1. The van der Waals surface area contributed by atoms with Crippen LogP contribution in [0.3, 0.4) is 0 Å². The molecule has 2 saturated heterocycles. The number of aryl methyl sites for hydroxylation is 1. The molecule has 15 atom stereocenters. The lowest BCUT2D eigenvalue weighted by molar-refractivity contribution is -0.264. The summed E-state index contributed by atoms with van der Waals surface area (Å²) in [5.74, 6) is -7.11. The van der Waals surface area contributed by atoms with Crippen molar-refractivity contribution in [3.8, 4) is 0 Å². The van der Waals surface area contributed by atoms with Crippen molar-refractivity contribution >= 4 is 33.5 Å². The van der Waals surface area contributed by atoms with E-state index in [1.165, 1.54) is 18.9 Å². The molecule has 1 amide bonds. The van der Waals surface area contributed by atoms with Gasteiger partial charge in [0.1, 0.15) is 41.2 Å². The Morgan fingerprint density at radius 3 is 2.29 bits per heavy atom. The van der Waals surface area contributed by atoms with Gasteiger partial charge >= 0.3 is 5.97 Å². The third-order valence-corrected chi connectivity index (χ3v) is 17.1. The molecule has 5 rings (SSSR count). The molecule has 17 nitrogen and oxygen atoms in total. The fourth-order valence-electron chi connectivity index (χ4n) is 11.0. The molecule has 0 unspecified atom stereocenters. The van der Waals surface area contributed by atoms with Crippen LogP contribution < -0.4 is 4.72 Å². The number of ether oxygens (including phenoxy) is 4. The molecule has 1 aromatic rings. The van der Waals surface area contributed by atoms with Gasteiger partial charge in [-0.2, -0.15) is 0 Å². The van der Waals surface area contributed by atoms with E-state index in [4.69, 9.17) is 23.5 Å². The van der Waals surface area contributed by atoms with Crippen molar-refractivity contribution < 1.29 is 66.4 Å². The number of amides is 1. The number of Topliss-reactive ketones (excluding diaryl/α,β-unsaturated/α-hetero) is 2. The highest BCUT2D eigenvalue weighted by atomic mass is 32.2. The lowest BCUT2D eigenvalue weighted by Gasteiger charge is -2.43. The standard InChI is InChI=1S/C54H83N3O14S/c1-32-16-12-11-13-17-34(3)42(56-72(65,66)47-31-69-55-39(47)8)30-41-22-20-38(7)54(64,71-41)51(61)52(62)57-25-15-14-18-43(57)53(63)70-45(35(4)28-40-21-23-44(58)46(29-40)67-9)24-19-33(2)27-37(6)49(60)50(68-10)48(59)36(5)26-32/h11-13,16-17,27,31-33,35-36,38,40-46,49-50,56,58,60,64H,14-15,18-26,28-30H2,1-10H3/b13-11+,16-12+,34-17+,37-27+/t32-,33+,35-,36-,38-,40-,41+,42-,43+,44-,45+,46-,49-,50+,54-/m1/s1. The number of aliphatic hydroxyl groups is 3. The summed E-state index contributed by atoms with van der Waals surface area (Å²) < 4.78 is 59.0. The Balaban J connectivity index is 1.50. The number of ketones is 2. The zero-order valence-electron chi connectivity index (χ0n) is 44.2. The number of fused-ring (bicyclic) bond motifs is 3. The van der Waals surface area contributed by atoms with Gasteiger partial charge in [0.2, 0.25) is 15.8 Å². The maximum absolute atomic E-state index is 14.5. The van der Waals surface area contributed by atoms with E-state index in [-0.39, 0.29) is 72.0 Å². The lowest BCUT2D eigenvalue weighted by atomic mass is 9.78. The SMILES string of the molecule is CO[C@@H]1C[C@@H](C[C@@H](C)[C@@H]2CC[C@H](C)/C=C(\C)[C@@H](O)[C@@H](OC)C(=O)[C@H](C)C[C@H](C)/C=C/C=C/C=C(\C)[C@H](NS(=O)(=O)c3conc3C)C[C@@H]3CC[C@@H](C)[C@@](O)(O3)C(=O)C(=O)N3CCCC[C@H]3C(=O)O2)CC[C@H]1O. The summed E-state index contributed by atoms with van der Waals surface area (Å²) in [6.07, 6.45) is 13.4. The molecule has 0 radical (unpaired) electrons. The Bertz CT molecular complexity index is 2240. The second-order valence-corrected chi connectivity index (χ2v) is 23.1. The van der Waals surface area contributed by atoms with E-state index in [1.807, 2.05) is 45.9 Å². The molecule has 1 aromatic heterocycles. The van der Waals surface area contributed by atoms with Crippen molar-refractivity contribution in [2.24, 2.45) is 35.5 Å². The molecule has 3 fully saturated rings. The van der Waals surface area contributed by atoms with E-state index in [0.717, 1.165) is 12.7 Å². The highest BCUT2D eigenvalue weighted by Gasteiger charge is 2.53. The molecule has 2 bridgehead atoms. The third-order valence-electron chi connectivity index (χ3n) is 15.6. The van der Waals surface area contributed by atoms with Gasteiger partial charge in [-0.3, -0.25) is 14.4 Å². The van der Waals surface area contributed by atoms with Crippen LogP contribution >= 0.6 is 0 Å². The minimum atomic E-state index is -4.20. The Hall–Kier alpha value is -3.88. The molecular formula is C54H83N3O14S. The number of rotatable bonds is 8. The van der Waals surface area contributed by atoms with Crippen LogP contribution in [0.25, 0.3) is 0 Å². The van der Waals surface area contributed by atoms with Gasteiger partial charge in [0, 0.05) is 38.6 Å². The summed E-state index contributed by atoms with van der Waals surface area (Å²) >= 11 is 0. The number of cyclic esters (lactones) is 1. The largest absolute Gasteiger partial charge is 0.461 e. The number of nitrogens with zero attached hydrogens (tertiary/aromatic N) is 2. The second-order valence-electron chi connectivity index (χ2n) is 21.4. The Morgan fingerprint density at radius 2 is 1.61 bits per heavy atom. The van der Waals surface area contributed by atoms with Crippen LogP contribution in [0.2, 0.25) is 0 Å². The van der Waals surface area contributed by atoms with Gasteiger partial charge < -0.3 is 43.7 Å². The molecule has 1 aliphatic carbocycles. The summed E-state index contributed by atoms with van der Waals surface area (Å²) in [6.45, 7) is 14.5. The van der Waals surface area contributed by atoms with Crippen molar-refractivity contribution in [2.45, 2.75) is 198 Å². The van der Waals surface area contributed by atoms with E-state index in [9.17, 15) is 42.9 Å². The smallest absolute Gasteiger partial charge is 0.329 e. The molecule has 4 N–H and O–H groups in total. The summed E-state index contributed by atoms with van der Waals surface area (Å²) in [4.78, 5) is 58.2. The summed E-state index contributed by atoms with van der Waals surface area (Å²) in [7, 11) is -1.20. The molecule has 4 heterocycles. The van der Waals surface area contributed by atoms with E-state index in [2.05, 4.69) is 9.88 Å². The molecule has 0 aromatic carbocycles. The van der Waals surface area contributed by atoms with Gasteiger partial charge in [-0.1, -0.05) is 81.8 Å². The minimum Gasteiger partial charge on any atom is -0.461 e. The van der Waals surface area contributed by atoms with E-state index >= 15 is 0 Å². The molecule has 1 saturated carbocycles. The molecular weight excluding hydrogens is 947 g/mol. The maximum atomic E-state index is 14.5. The summed E-state index contributed by atoms with van der Waals surface area (Å²) in [5, 5.41) is 38.0. The summed E-state index contributed by atoms with van der Waals surface area (Å²) in [5.41, 5.74) is 1.30. The molecule has 404 valence electrons. The Kier molecular flexibility index (Phi) is 21.8. The molecule has 18 heteroatoms. The van der Waals surface area contributed by atoms with Crippen molar-refractivity contribution in [3.63, 3.8) is 0 Å². The van der Waals surface area contributed by atoms with Crippen LogP contribution in [-0.4, -0.2) is 132 Å². The number of hydrogen-bond donors (Lipinski definition) is 4. The van der Waals surface area contributed by atoms with Gasteiger partial charge in [-0.25, -0.2) is 17.9 Å². The highest BCUT2D eigenvalue weighted by Crippen LogP contribution is 2.38. The van der Waals surface area contributed by atoms with Gasteiger partial charge in [-0.05, 0) is 133 Å². The molecule has 3 aliphatic heterocycles. The summed E-state index contributed by atoms with van der Waals surface area (Å²) in [6, 6.07) is -2.03. The van der Waals surface area contributed by atoms with Crippen molar-refractivity contribution in [1.82, 2.24) is 14.8 Å². The van der Waals surface area contributed by atoms with Crippen LogP contribution in [-0.2, 0) is 48.1 Å². The first-order valence-corrected chi connectivity index (χ1v) is 27.5. The van der Waals surface area contributed by atoms with Crippen molar-refractivity contribution in [2.75, 3.05) is 20.8 Å². The van der Waals surface area contributed by atoms with Gasteiger partial charge in [0.25, 0.3) is 11.7 Å². The first-order valence-electron chi connectivity index (χ1n) is 26.1. The number of hydrogen-bond acceptors (Lipinski definition) is 15. The predicted octanol–water partition coefficient (Wildman–Crippen LogP) is 6.63. The Morgan fingerprint density at radius 1 is 0.875 bits per heavy atom. The van der Waals surface area contributed by atoms with Crippen LogP contribution in [0.15, 0.2) is 63.3 Å². The average Bonchev–Trinajstić information content (AvgIpc) is 3.80. The van der Waals surface area contributed by atoms with Crippen molar-refractivity contribution in [3.05, 3.63) is 59.6 Å². The lowest BCUT2D eigenvalue weighted by Crippen LogP contribution is -2.61. The van der Waals surface area contributed by atoms with Gasteiger partial charge in [-0.15, -0.1) is 0 Å². The normalized spacial score (nSPS) is 37.8. The van der Waals surface area contributed by atoms with Crippen molar-refractivity contribution in [1.29, 1.82) is 0 Å². The number of carbonyl (C=O) groups is 4. The fourth-order valence-corrected chi connectivity index (χ4v) is 12.4. The molecule has 72 heavy (non-hydrogen) atoms. The highest BCUT2D eigenvalue weighted by molar-refractivity contribution is 7.89. The van der Waals surface area contributed by atoms with E-state index in [1.54, 1.807) is 46.1 Å². The van der Waals surface area contributed by atoms with Gasteiger partial charge in [0.15, 0.2) is 5.78 Å². The quantitative estimate of drug-likeness (QED) is 0.121. The maximum Gasteiger partial charge on any atom is 0.329 e. The Labute approximate surface area is 427 Å².